The molecule has 0 aliphatic carbocycles. The lowest BCUT2D eigenvalue weighted by atomic mass is 10.2. The van der Waals surface area contributed by atoms with E-state index in [0.29, 0.717) is 12.7 Å². The van der Waals surface area contributed by atoms with Crippen LogP contribution < -0.4 is 5.32 Å². The van der Waals surface area contributed by atoms with Crippen LogP contribution in [-0.2, 0) is 11.3 Å². The lowest BCUT2D eigenvalue weighted by Crippen LogP contribution is -2.16. The second-order valence-electron chi connectivity index (χ2n) is 3.55. The molecule has 84 valence electrons. The largest absolute Gasteiger partial charge is 0.372 e. The van der Waals surface area contributed by atoms with E-state index in [1.807, 2.05) is 0 Å². The highest BCUT2D eigenvalue weighted by Gasteiger charge is 2.14. The summed E-state index contributed by atoms with van der Waals surface area (Å²) in [6.45, 7) is 2.54. The summed E-state index contributed by atoms with van der Waals surface area (Å²) >= 11 is 0. The van der Waals surface area contributed by atoms with Crippen LogP contribution in [0.5, 0.6) is 0 Å². The zero-order chi connectivity index (χ0) is 9.80. The van der Waals surface area contributed by atoms with Crippen molar-refractivity contribution < 1.29 is 9.13 Å². The first kappa shape index (κ1) is 12.4. The van der Waals surface area contributed by atoms with Gasteiger partial charge >= 0.3 is 0 Å². The van der Waals surface area contributed by atoms with Crippen LogP contribution in [0.1, 0.15) is 12.0 Å². The van der Waals surface area contributed by atoms with Gasteiger partial charge < -0.3 is 10.1 Å². The van der Waals surface area contributed by atoms with Gasteiger partial charge in [-0.1, -0.05) is 12.1 Å². The van der Waals surface area contributed by atoms with Crippen molar-refractivity contribution in [3.8, 4) is 0 Å². The van der Waals surface area contributed by atoms with Gasteiger partial charge in [0, 0.05) is 6.54 Å². The molecule has 1 aliphatic heterocycles. The number of hydrogen-bond acceptors (Lipinski definition) is 2. The number of rotatable bonds is 3. The molecule has 0 aromatic heterocycles. The van der Waals surface area contributed by atoms with Crippen LogP contribution >= 0.6 is 12.4 Å². The number of halogens is 2. The van der Waals surface area contributed by atoms with Gasteiger partial charge in [-0.3, -0.25) is 0 Å². The Bertz CT molecular complexity index is 285. The quantitative estimate of drug-likeness (QED) is 0.861. The highest BCUT2D eigenvalue weighted by atomic mass is 35.5. The highest BCUT2D eigenvalue weighted by molar-refractivity contribution is 5.85. The Morgan fingerprint density at radius 3 is 2.67 bits per heavy atom. The highest BCUT2D eigenvalue weighted by Crippen LogP contribution is 2.09. The first-order chi connectivity index (χ1) is 6.84. The average Bonchev–Trinajstić information content (AvgIpc) is 2.70. The van der Waals surface area contributed by atoms with Crippen molar-refractivity contribution in [1.29, 1.82) is 0 Å². The van der Waals surface area contributed by atoms with Gasteiger partial charge in [-0.05, 0) is 30.7 Å². The monoisotopic (exact) mass is 231 g/mol. The maximum absolute atomic E-state index is 12.6. The van der Waals surface area contributed by atoms with E-state index in [1.165, 1.54) is 12.1 Å². The minimum Gasteiger partial charge on any atom is -0.372 e. The number of benzene rings is 1. The first-order valence-corrected chi connectivity index (χ1v) is 4.91. The maximum Gasteiger partial charge on any atom is 0.123 e. The molecule has 0 bridgehead atoms. The molecule has 1 N–H and O–H groups in total. The van der Waals surface area contributed by atoms with E-state index in [9.17, 15) is 4.39 Å². The van der Waals surface area contributed by atoms with Crippen LogP contribution in [0.4, 0.5) is 4.39 Å². The lowest BCUT2D eigenvalue weighted by molar-refractivity contribution is 0.0542. The molecule has 1 aromatic carbocycles. The van der Waals surface area contributed by atoms with E-state index in [-0.39, 0.29) is 18.2 Å². The molecule has 1 heterocycles. The fraction of sp³-hybridized carbons (Fsp3) is 0.455. The predicted octanol–water partition coefficient (Wildman–Crippen LogP) is 2.13. The van der Waals surface area contributed by atoms with Crippen molar-refractivity contribution in [2.45, 2.75) is 19.1 Å². The van der Waals surface area contributed by atoms with Crippen LogP contribution in [-0.4, -0.2) is 19.2 Å². The predicted molar refractivity (Wildman–Crippen MR) is 59.7 cm³/mol. The molecule has 15 heavy (non-hydrogen) atoms. The minimum atomic E-state index is -0.198. The summed E-state index contributed by atoms with van der Waals surface area (Å²) in [5.41, 5.74) is 1.03. The summed E-state index contributed by atoms with van der Waals surface area (Å²) in [7, 11) is 0. The average molecular weight is 232 g/mol. The Kier molecular flexibility index (Phi) is 5.02. The second kappa shape index (κ2) is 6.05. The van der Waals surface area contributed by atoms with Crippen LogP contribution in [0.2, 0.25) is 0 Å². The number of ether oxygens (including phenoxy) is 1. The Hall–Kier alpha value is -0.640. The summed E-state index contributed by atoms with van der Waals surface area (Å²) < 4.78 is 18.2. The molecule has 1 aromatic rings. The Balaban J connectivity index is 0.00000112. The fourth-order valence-electron chi connectivity index (χ4n) is 1.57. The molecule has 2 nitrogen and oxygen atoms in total. The van der Waals surface area contributed by atoms with Crippen molar-refractivity contribution in [2.75, 3.05) is 13.1 Å². The molecule has 2 rings (SSSR count). The van der Waals surface area contributed by atoms with Crippen LogP contribution in [0.25, 0.3) is 0 Å². The van der Waals surface area contributed by atoms with E-state index in [4.69, 9.17) is 4.74 Å². The second-order valence-corrected chi connectivity index (χ2v) is 3.55. The lowest BCUT2D eigenvalue weighted by Gasteiger charge is -2.09. The molecule has 1 saturated heterocycles. The standard InChI is InChI=1S/C11H14FNO.ClH/c12-10-3-1-9(2-4-10)8-14-11-5-6-13-7-11;/h1-4,11,13H,5-8H2;1H/t11-;/m1./s1. The number of hydrogen-bond donors (Lipinski definition) is 1. The minimum absolute atomic E-state index is 0. The fourth-order valence-corrected chi connectivity index (χ4v) is 1.57. The molecule has 1 fully saturated rings. The third kappa shape index (κ3) is 3.78. The van der Waals surface area contributed by atoms with E-state index < -0.39 is 0 Å². The molecule has 1 atom stereocenters. The Labute approximate surface area is 95.2 Å². The number of nitrogens with one attached hydrogen (secondary N) is 1. The van der Waals surface area contributed by atoms with Gasteiger partial charge in [-0.2, -0.15) is 0 Å². The van der Waals surface area contributed by atoms with Crippen molar-refractivity contribution >= 4 is 12.4 Å². The molecular weight excluding hydrogens is 217 g/mol. The molecule has 0 radical (unpaired) electrons. The van der Waals surface area contributed by atoms with Gasteiger partial charge in [-0.25, -0.2) is 4.39 Å². The normalized spacial score (nSPS) is 19.9. The summed E-state index contributed by atoms with van der Waals surface area (Å²) in [4.78, 5) is 0. The van der Waals surface area contributed by atoms with Crippen molar-refractivity contribution in [2.24, 2.45) is 0 Å². The third-order valence-electron chi connectivity index (χ3n) is 2.41. The first-order valence-electron chi connectivity index (χ1n) is 4.91. The Morgan fingerprint density at radius 1 is 1.33 bits per heavy atom. The van der Waals surface area contributed by atoms with E-state index >= 15 is 0 Å². The zero-order valence-electron chi connectivity index (χ0n) is 8.41. The van der Waals surface area contributed by atoms with Crippen molar-refractivity contribution in [1.82, 2.24) is 5.32 Å². The van der Waals surface area contributed by atoms with E-state index in [0.717, 1.165) is 25.1 Å². The smallest absolute Gasteiger partial charge is 0.123 e. The van der Waals surface area contributed by atoms with Crippen molar-refractivity contribution in [3.05, 3.63) is 35.6 Å². The molecular formula is C11H15ClFNO. The zero-order valence-corrected chi connectivity index (χ0v) is 9.23. The van der Waals surface area contributed by atoms with E-state index in [2.05, 4.69) is 5.32 Å². The molecule has 1 aliphatic rings. The Morgan fingerprint density at radius 2 is 2.07 bits per heavy atom. The van der Waals surface area contributed by atoms with E-state index in [1.54, 1.807) is 12.1 Å². The molecule has 0 saturated carbocycles. The summed E-state index contributed by atoms with van der Waals surface area (Å²) in [5, 5.41) is 3.23. The summed E-state index contributed by atoms with van der Waals surface area (Å²) in [5.74, 6) is -0.198. The molecule has 0 amide bonds. The van der Waals surface area contributed by atoms with Gasteiger partial charge in [0.05, 0.1) is 12.7 Å². The molecule has 4 heteroatoms. The molecule has 0 unspecified atom stereocenters. The SMILES string of the molecule is Cl.Fc1ccc(CO[C@@H]2CCNC2)cc1. The van der Waals surface area contributed by atoms with Crippen LogP contribution in [0, 0.1) is 5.82 Å². The van der Waals surface area contributed by atoms with Gasteiger partial charge in [0.15, 0.2) is 0 Å². The van der Waals surface area contributed by atoms with Crippen LogP contribution in [0.3, 0.4) is 0 Å². The summed E-state index contributed by atoms with van der Waals surface area (Å²) in [6, 6.07) is 6.45. The maximum atomic E-state index is 12.6. The summed E-state index contributed by atoms with van der Waals surface area (Å²) in [6.07, 6.45) is 1.39. The van der Waals surface area contributed by atoms with Crippen LogP contribution in [0.15, 0.2) is 24.3 Å². The third-order valence-corrected chi connectivity index (χ3v) is 2.41. The van der Waals surface area contributed by atoms with Crippen molar-refractivity contribution in [3.63, 3.8) is 0 Å². The van der Waals surface area contributed by atoms with Gasteiger partial charge in [0.2, 0.25) is 0 Å². The topological polar surface area (TPSA) is 21.3 Å². The molecule has 0 spiro atoms. The van der Waals surface area contributed by atoms with Gasteiger partial charge in [0.1, 0.15) is 5.82 Å². The van der Waals surface area contributed by atoms with Gasteiger partial charge in [0.25, 0.3) is 0 Å². The van der Waals surface area contributed by atoms with Gasteiger partial charge in [-0.15, -0.1) is 12.4 Å².